The quantitative estimate of drug-likeness (QED) is 0.494. The number of hydrogen-bond donors (Lipinski definition) is 1. The first-order valence-corrected chi connectivity index (χ1v) is 11.3. The van der Waals surface area contributed by atoms with E-state index < -0.39 is 0 Å². The van der Waals surface area contributed by atoms with Gasteiger partial charge in [-0.05, 0) is 71.4 Å². The molecule has 0 bridgehead atoms. The van der Waals surface area contributed by atoms with Gasteiger partial charge >= 0.3 is 0 Å². The number of nitrogens with two attached hydrogens (primary N) is 1. The van der Waals surface area contributed by atoms with Crippen molar-refractivity contribution in [2.24, 2.45) is 0 Å². The number of hydrogen-bond acceptors (Lipinski definition) is 7. The van der Waals surface area contributed by atoms with Crippen molar-refractivity contribution >= 4 is 17.5 Å². The Hall–Kier alpha value is -4.18. The average Bonchev–Trinajstić information content (AvgIpc) is 2.89. The third-order valence-corrected chi connectivity index (χ3v) is 6.44. The minimum absolute atomic E-state index is 0.191. The van der Waals surface area contributed by atoms with Crippen molar-refractivity contribution in [2.45, 2.75) is 25.7 Å². The van der Waals surface area contributed by atoms with Gasteiger partial charge in [0.2, 0.25) is 0 Å². The Bertz CT molecular complexity index is 1340. The minimum atomic E-state index is 0.191. The van der Waals surface area contributed by atoms with Crippen molar-refractivity contribution in [1.82, 2.24) is 4.98 Å². The van der Waals surface area contributed by atoms with Crippen LogP contribution < -0.4 is 24.7 Å². The summed E-state index contributed by atoms with van der Waals surface area (Å²) >= 11 is 0. The molecule has 4 rings (SSSR count). The molecule has 0 spiro atoms. The molecule has 0 aliphatic heterocycles. The van der Waals surface area contributed by atoms with Gasteiger partial charge in [-0.15, -0.1) is 0 Å². The molecule has 0 amide bonds. The number of nitriles is 1. The lowest BCUT2D eigenvalue weighted by Gasteiger charge is -2.28. The van der Waals surface area contributed by atoms with Crippen molar-refractivity contribution in [1.29, 1.82) is 5.26 Å². The number of anilines is 1. The number of nitrogens with zero attached hydrogens (tertiary/aromatic N) is 2. The number of ether oxygens (including phenoxy) is 4. The Morgan fingerprint density at radius 3 is 2.20 bits per heavy atom. The van der Waals surface area contributed by atoms with Crippen LogP contribution in [0, 0.1) is 11.3 Å². The Morgan fingerprint density at radius 2 is 1.57 bits per heavy atom. The molecule has 7 nitrogen and oxygen atoms in total. The maximum atomic E-state index is 10.0. The monoisotopic (exact) mass is 471 g/mol. The first-order chi connectivity index (χ1) is 16.9. The molecule has 1 aliphatic rings. The molecule has 2 aromatic carbocycles. The summed E-state index contributed by atoms with van der Waals surface area (Å²) in [5, 5.41) is 10.0. The van der Waals surface area contributed by atoms with E-state index in [1.165, 1.54) is 0 Å². The van der Waals surface area contributed by atoms with Gasteiger partial charge in [-0.2, -0.15) is 5.26 Å². The second-order valence-corrected chi connectivity index (χ2v) is 8.41. The Kier molecular flexibility index (Phi) is 6.83. The van der Waals surface area contributed by atoms with Gasteiger partial charge in [-0.3, -0.25) is 0 Å². The molecule has 0 radical (unpaired) electrons. The number of methoxy groups -OCH3 is 4. The van der Waals surface area contributed by atoms with Crippen LogP contribution in [0.3, 0.4) is 0 Å². The minimum Gasteiger partial charge on any atom is -0.493 e. The molecule has 1 aromatic heterocycles. The molecule has 180 valence electrons. The normalized spacial score (nSPS) is 15.8. The second-order valence-electron chi connectivity index (χ2n) is 8.41. The summed E-state index contributed by atoms with van der Waals surface area (Å²) in [6.45, 7) is 2.16. The fourth-order valence-corrected chi connectivity index (χ4v) is 4.67. The van der Waals surface area contributed by atoms with E-state index in [1.54, 1.807) is 28.4 Å². The number of rotatable bonds is 6. The summed E-state index contributed by atoms with van der Waals surface area (Å²) in [7, 11) is 6.42. The van der Waals surface area contributed by atoms with Gasteiger partial charge in [0, 0.05) is 5.56 Å². The maximum Gasteiger partial charge on any atom is 0.161 e. The number of benzene rings is 2. The van der Waals surface area contributed by atoms with E-state index in [0.29, 0.717) is 28.6 Å². The number of allylic oxidation sites excluding steroid dienone is 1. The van der Waals surface area contributed by atoms with E-state index in [2.05, 4.69) is 19.1 Å². The highest BCUT2D eigenvalue weighted by atomic mass is 16.5. The lowest BCUT2D eigenvalue weighted by Crippen LogP contribution is -2.14. The number of nitrogen functional groups attached to an aromatic ring is 1. The molecule has 1 heterocycles. The molecular weight excluding hydrogens is 442 g/mol. The van der Waals surface area contributed by atoms with Crippen molar-refractivity contribution in [2.75, 3.05) is 34.2 Å². The standard InChI is InChI=1S/C28H29N3O4/c1-16-6-8-19(12-17-7-10-21(32-2)23(13-17)34-4)27-25(16)26(20(15-29)28(30)31-27)18-9-11-22(33-3)24(14-18)35-5/h7,9-14,16H,6,8H2,1-5H3,(H2,30,31). The van der Waals surface area contributed by atoms with Crippen molar-refractivity contribution in [3.63, 3.8) is 0 Å². The molecule has 2 N–H and O–H groups in total. The van der Waals surface area contributed by atoms with Gasteiger partial charge in [-0.1, -0.05) is 19.1 Å². The van der Waals surface area contributed by atoms with E-state index in [9.17, 15) is 5.26 Å². The zero-order valence-corrected chi connectivity index (χ0v) is 20.6. The van der Waals surface area contributed by atoms with Crippen molar-refractivity contribution in [3.05, 3.63) is 58.8 Å². The van der Waals surface area contributed by atoms with Crippen molar-refractivity contribution < 1.29 is 18.9 Å². The van der Waals surface area contributed by atoms with E-state index in [-0.39, 0.29) is 11.7 Å². The SMILES string of the molecule is COc1ccc(C=C2CCC(C)c3c2nc(N)c(C#N)c3-c2ccc(OC)c(OC)c2)cc1OC. The van der Waals surface area contributed by atoms with Crippen LogP contribution in [0.25, 0.3) is 22.8 Å². The topological polar surface area (TPSA) is 99.6 Å². The van der Waals surface area contributed by atoms with Gasteiger partial charge in [0.1, 0.15) is 17.5 Å². The first-order valence-electron chi connectivity index (χ1n) is 11.3. The van der Waals surface area contributed by atoms with Crippen LogP contribution in [0.15, 0.2) is 36.4 Å². The lowest BCUT2D eigenvalue weighted by molar-refractivity contribution is 0.355. The highest BCUT2D eigenvalue weighted by Gasteiger charge is 2.29. The number of fused-ring (bicyclic) bond motifs is 1. The Balaban J connectivity index is 1.94. The zero-order valence-electron chi connectivity index (χ0n) is 20.6. The van der Waals surface area contributed by atoms with Crippen LogP contribution in [0.2, 0.25) is 0 Å². The average molecular weight is 472 g/mol. The zero-order chi connectivity index (χ0) is 25.1. The largest absolute Gasteiger partial charge is 0.493 e. The van der Waals surface area contributed by atoms with Gasteiger partial charge < -0.3 is 24.7 Å². The molecule has 3 aromatic rings. The van der Waals surface area contributed by atoms with E-state index in [1.807, 2.05) is 36.4 Å². The smallest absolute Gasteiger partial charge is 0.161 e. The van der Waals surface area contributed by atoms with Crippen LogP contribution >= 0.6 is 0 Å². The first kappa shape index (κ1) is 24.0. The van der Waals surface area contributed by atoms with Gasteiger partial charge in [0.25, 0.3) is 0 Å². The fourth-order valence-electron chi connectivity index (χ4n) is 4.67. The third-order valence-electron chi connectivity index (χ3n) is 6.44. The van der Waals surface area contributed by atoms with Crippen LogP contribution in [-0.2, 0) is 0 Å². The summed E-state index contributed by atoms with van der Waals surface area (Å²) < 4.78 is 21.8. The molecule has 1 unspecified atom stereocenters. The van der Waals surface area contributed by atoms with Crippen LogP contribution in [0.4, 0.5) is 5.82 Å². The van der Waals surface area contributed by atoms with E-state index in [0.717, 1.165) is 46.4 Å². The van der Waals surface area contributed by atoms with Gasteiger partial charge in [-0.25, -0.2) is 4.98 Å². The third kappa shape index (κ3) is 4.35. The van der Waals surface area contributed by atoms with Gasteiger partial charge in [0.05, 0.1) is 34.1 Å². The van der Waals surface area contributed by atoms with Crippen LogP contribution in [0.5, 0.6) is 23.0 Å². The summed E-state index contributed by atoms with van der Waals surface area (Å²) in [4.78, 5) is 4.73. The van der Waals surface area contributed by atoms with E-state index in [4.69, 9.17) is 29.7 Å². The predicted molar refractivity (Wildman–Crippen MR) is 137 cm³/mol. The molecule has 0 saturated carbocycles. The summed E-state index contributed by atoms with van der Waals surface area (Å²) in [5.74, 6) is 2.93. The highest BCUT2D eigenvalue weighted by molar-refractivity contribution is 5.90. The highest BCUT2D eigenvalue weighted by Crippen LogP contribution is 2.46. The Morgan fingerprint density at radius 1 is 0.943 bits per heavy atom. The van der Waals surface area contributed by atoms with E-state index >= 15 is 0 Å². The lowest BCUT2D eigenvalue weighted by atomic mass is 9.78. The summed E-state index contributed by atoms with van der Waals surface area (Å²) in [6.07, 6.45) is 3.86. The molecule has 7 heteroatoms. The van der Waals surface area contributed by atoms with Crippen LogP contribution in [0.1, 0.15) is 48.1 Å². The molecular formula is C28H29N3O4. The second kappa shape index (κ2) is 9.98. The number of aromatic nitrogens is 1. The molecule has 35 heavy (non-hydrogen) atoms. The molecule has 0 fully saturated rings. The van der Waals surface area contributed by atoms with Crippen LogP contribution in [-0.4, -0.2) is 33.4 Å². The molecule has 0 saturated heterocycles. The van der Waals surface area contributed by atoms with Crippen molar-refractivity contribution in [3.8, 4) is 40.2 Å². The summed E-state index contributed by atoms with van der Waals surface area (Å²) in [6, 6.07) is 13.7. The molecule has 1 atom stereocenters. The molecule has 1 aliphatic carbocycles. The predicted octanol–water partition coefficient (Wildman–Crippen LogP) is 5.67. The fraction of sp³-hybridized carbons (Fsp3) is 0.286. The van der Waals surface area contributed by atoms with Gasteiger partial charge in [0.15, 0.2) is 23.0 Å². The maximum absolute atomic E-state index is 10.0. The Labute approximate surface area is 205 Å². The number of pyridine rings is 1. The summed E-state index contributed by atoms with van der Waals surface area (Å²) in [5.41, 5.74) is 12.2.